The van der Waals surface area contributed by atoms with Crippen LogP contribution in [0.15, 0.2) is 30.3 Å². The molecule has 20 heavy (non-hydrogen) atoms. The summed E-state index contributed by atoms with van der Waals surface area (Å²) in [6.07, 6.45) is 0.781. The third kappa shape index (κ3) is 2.99. The van der Waals surface area contributed by atoms with Gasteiger partial charge < -0.3 is 14.6 Å². The fourth-order valence-corrected chi connectivity index (χ4v) is 2.10. The highest BCUT2D eigenvalue weighted by atomic mass is 16.5. The number of hydrogen-bond acceptors (Lipinski definition) is 3. The number of aromatic amines is 1. The molecule has 0 atom stereocenters. The number of esters is 1. The summed E-state index contributed by atoms with van der Waals surface area (Å²) in [5.41, 5.74) is 1.40. The molecule has 0 radical (unpaired) electrons. The Kier molecular flexibility index (Phi) is 4.40. The van der Waals surface area contributed by atoms with Gasteiger partial charge >= 0.3 is 5.97 Å². The molecule has 0 aliphatic heterocycles. The molecule has 5 nitrogen and oxygen atoms in total. The molecule has 2 rings (SSSR count). The molecule has 2 aromatic rings. The number of fused-ring (bicyclic) bond motifs is 1. The lowest BCUT2D eigenvalue weighted by molar-refractivity contribution is -0.141. The number of ether oxygens (including phenoxy) is 1. The Bertz CT molecular complexity index is 585. The van der Waals surface area contributed by atoms with Gasteiger partial charge in [0.15, 0.2) is 0 Å². The van der Waals surface area contributed by atoms with Crippen LogP contribution in [0.4, 0.5) is 0 Å². The third-order valence-corrected chi connectivity index (χ3v) is 3.09. The van der Waals surface area contributed by atoms with Gasteiger partial charge in [-0.1, -0.05) is 25.1 Å². The molecule has 0 aliphatic rings. The molecule has 0 saturated heterocycles. The van der Waals surface area contributed by atoms with Gasteiger partial charge in [-0.2, -0.15) is 0 Å². The molecule has 1 amide bonds. The van der Waals surface area contributed by atoms with Crippen molar-refractivity contribution in [1.82, 2.24) is 9.88 Å². The quantitative estimate of drug-likeness (QED) is 0.850. The molecule has 5 heteroatoms. The van der Waals surface area contributed by atoms with Crippen molar-refractivity contribution < 1.29 is 14.3 Å². The molecule has 1 N–H and O–H groups in total. The summed E-state index contributed by atoms with van der Waals surface area (Å²) in [5, 5.41) is 0.977. The van der Waals surface area contributed by atoms with Gasteiger partial charge in [0.05, 0.1) is 7.11 Å². The second-order valence-corrected chi connectivity index (χ2v) is 4.57. The number of H-pyrrole nitrogens is 1. The van der Waals surface area contributed by atoms with Gasteiger partial charge in [-0.3, -0.25) is 9.59 Å². The van der Waals surface area contributed by atoms with E-state index in [0.29, 0.717) is 12.2 Å². The first-order chi connectivity index (χ1) is 9.65. The lowest BCUT2D eigenvalue weighted by atomic mass is 10.2. The van der Waals surface area contributed by atoms with Gasteiger partial charge in [0.25, 0.3) is 5.91 Å². The zero-order chi connectivity index (χ0) is 14.5. The van der Waals surface area contributed by atoms with Crippen LogP contribution in [0.5, 0.6) is 0 Å². The number of para-hydroxylation sites is 1. The van der Waals surface area contributed by atoms with Gasteiger partial charge in [0.2, 0.25) is 0 Å². The van der Waals surface area contributed by atoms with Crippen LogP contribution in [0.3, 0.4) is 0 Å². The molecule has 1 aromatic carbocycles. The highest BCUT2D eigenvalue weighted by Gasteiger charge is 2.20. The van der Waals surface area contributed by atoms with E-state index in [2.05, 4.69) is 9.72 Å². The van der Waals surface area contributed by atoms with E-state index in [9.17, 15) is 9.59 Å². The minimum Gasteiger partial charge on any atom is -0.468 e. The maximum atomic E-state index is 12.4. The number of carbonyl (C=O) groups is 2. The number of carbonyl (C=O) groups excluding carboxylic acids is 2. The lowest BCUT2D eigenvalue weighted by Crippen LogP contribution is -2.37. The minimum absolute atomic E-state index is 0.0292. The first kappa shape index (κ1) is 14.1. The first-order valence-electron chi connectivity index (χ1n) is 6.59. The normalized spacial score (nSPS) is 10.5. The molecule has 1 aromatic heterocycles. The van der Waals surface area contributed by atoms with E-state index < -0.39 is 5.97 Å². The van der Waals surface area contributed by atoms with Crippen LogP contribution < -0.4 is 0 Å². The maximum Gasteiger partial charge on any atom is 0.325 e. The molecular formula is C15H18N2O3. The van der Waals surface area contributed by atoms with Crippen LogP contribution in [0.2, 0.25) is 0 Å². The Morgan fingerprint density at radius 3 is 2.70 bits per heavy atom. The lowest BCUT2D eigenvalue weighted by Gasteiger charge is -2.19. The van der Waals surface area contributed by atoms with Gasteiger partial charge in [0, 0.05) is 17.4 Å². The number of hydrogen-bond donors (Lipinski definition) is 1. The summed E-state index contributed by atoms with van der Waals surface area (Å²) in [6.45, 7) is 2.45. The predicted molar refractivity (Wildman–Crippen MR) is 76.5 cm³/mol. The molecule has 0 aliphatic carbocycles. The van der Waals surface area contributed by atoms with E-state index in [4.69, 9.17) is 0 Å². The van der Waals surface area contributed by atoms with Gasteiger partial charge in [-0.05, 0) is 18.6 Å². The summed E-state index contributed by atoms with van der Waals surface area (Å²) >= 11 is 0. The molecule has 0 fully saturated rings. The van der Waals surface area contributed by atoms with Crippen molar-refractivity contribution in [3.05, 3.63) is 36.0 Å². The maximum absolute atomic E-state index is 12.4. The number of aromatic nitrogens is 1. The average Bonchev–Trinajstić information content (AvgIpc) is 2.89. The largest absolute Gasteiger partial charge is 0.468 e. The van der Waals surface area contributed by atoms with Crippen molar-refractivity contribution in [2.24, 2.45) is 0 Å². The molecule has 0 saturated carbocycles. The predicted octanol–water partition coefficient (Wildman–Crippen LogP) is 2.19. The zero-order valence-electron chi connectivity index (χ0n) is 11.7. The molecule has 106 valence electrons. The number of methoxy groups -OCH3 is 1. The highest BCUT2D eigenvalue weighted by Crippen LogP contribution is 2.16. The fourth-order valence-electron chi connectivity index (χ4n) is 2.10. The van der Waals surface area contributed by atoms with Gasteiger partial charge in [0.1, 0.15) is 12.2 Å². The van der Waals surface area contributed by atoms with Crippen LogP contribution in [0.1, 0.15) is 23.8 Å². The summed E-state index contributed by atoms with van der Waals surface area (Å²) in [5.74, 6) is -0.601. The van der Waals surface area contributed by atoms with Crippen molar-refractivity contribution in [1.29, 1.82) is 0 Å². The van der Waals surface area contributed by atoms with Crippen LogP contribution in [-0.2, 0) is 9.53 Å². The molecule has 0 spiro atoms. The number of amides is 1. The zero-order valence-corrected chi connectivity index (χ0v) is 11.7. The number of nitrogens with zero attached hydrogens (tertiary/aromatic N) is 1. The summed E-state index contributed by atoms with van der Waals surface area (Å²) in [4.78, 5) is 28.4. The molecule has 0 bridgehead atoms. The van der Waals surface area contributed by atoms with E-state index in [1.807, 2.05) is 31.2 Å². The van der Waals surface area contributed by atoms with Crippen molar-refractivity contribution in [2.75, 3.05) is 20.2 Å². The minimum atomic E-state index is -0.414. The standard InChI is InChI=1S/C15H18N2O3/c1-3-8-17(10-14(18)20-2)15(19)13-9-11-6-4-5-7-12(11)16-13/h4-7,9,16H,3,8,10H2,1-2H3. The summed E-state index contributed by atoms with van der Waals surface area (Å²) < 4.78 is 4.63. The second-order valence-electron chi connectivity index (χ2n) is 4.57. The first-order valence-corrected chi connectivity index (χ1v) is 6.59. The van der Waals surface area contributed by atoms with Crippen LogP contribution in [0.25, 0.3) is 10.9 Å². The SMILES string of the molecule is CCCN(CC(=O)OC)C(=O)c1cc2ccccc2[nH]1. The molecule has 1 heterocycles. The Morgan fingerprint density at radius 1 is 1.30 bits per heavy atom. The van der Waals surface area contributed by atoms with Crippen LogP contribution in [-0.4, -0.2) is 42.0 Å². The van der Waals surface area contributed by atoms with Gasteiger partial charge in [-0.25, -0.2) is 0 Å². The Balaban J connectivity index is 2.23. The Hall–Kier alpha value is -2.30. The number of rotatable bonds is 5. The van der Waals surface area contributed by atoms with E-state index in [0.717, 1.165) is 17.3 Å². The van der Waals surface area contributed by atoms with Crippen molar-refractivity contribution >= 4 is 22.8 Å². The third-order valence-electron chi connectivity index (χ3n) is 3.09. The Labute approximate surface area is 117 Å². The Morgan fingerprint density at radius 2 is 2.05 bits per heavy atom. The molecule has 0 unspecified atom stereocenters. The van der Waals surface area contributed by atoms with E-state index in [1.54, 1.807) is 6.07 Å². The van der Waals surface area contributed by atoms with Crippen molar-refractivity contribution in [2.45, 2.75) is 13.3 Å². The number of benzene rings is 1. The van der Waals surface area contributed by atoms with Gasteiger partial charge in [-0.15, -0.1) is 0 Å². The van der Waals surface area contributed by atoms with E-state index >= 15 is 0 Å². The summed E-state index contributed by atoms with van der Waals surface area (Å²) in [6, 6.07) is 9.48. The van der Waals surface area contributed by atoms with Crippen molar-refractivity contribution in [3.63, 3.8) is 0 Å². The van der Waals surface area contributed by atoms with E-state index in [1.165, 1.54) is 12.0 Å². The van der Waals surface area contributed by atoms with Crippen LogP contribution >= 0.6 is 0 Å². The average molecular weight is 274 g/mol. The van der Waals surface area contributed by atoms with Crippen molar-refractivity contribution in [3.8, 4) is 0 Å². The fraction of sp³-hybridized carbons (Fsp3) is 0.333. The summed E-state index contributed by atoms with van der Waals surface area (Å²) in [7, 11) is 1.32. The van der Waals surface area contributed by atoms with E-state index in [-0.39, 0.29) is 12.5 Å². The second kappa shape index (κ2) is 6.23. The number of nitrogens with one attached hydrogen (secondary N) is 1. The topological polar surface area (TPSA) is 62.4 Å². The highest BCUT2D eigenvalue weighted by molar-refractivity contribution is 5.99. The van der Waals surface area contributed by atoms with Crippen LogP contribution in [0, 0.1) is 0 Å². The smallest absolute Gasteiger partial charge is 0.325 e. The molecular weight excluding hydrogens is 256 g/mol. The monoisotopic (exact) mass is 274 g/mol.